The van der Waals surface area contributed by atoms with Gasteiger partial charge in [0.15, 0.2) is 0 Å². The zero-order chi connectivity index (χ0) is 12.1. The van der Waals surface area contributed by atoms with Gasteiger partial charge in [-0.25, -0.2) is 0 Å². The standard InChI is InChI=1S/C13H17BrClNO/c14-11-4-5-13(12(15)10-11)17-9-8-16-6-2-1-3-7-16/h4-5,10H,1-3,6-9H2. The van der Waals surface area contributed by atoms with Gasteiger partial charge in [0.05, 0.1) is 5.02 Å². The molecule has 1 saturated heterocycles. The number of likely N-dealkylation sites (tertiary alicyclic amines) is 1. The highest BCUT2D eigenvalue weighted by Crippen LogP contribution is 2.27. The van der Waals surface area contributed by atoms with E-state index in [-0.39, 0.29) is 0 Å². The fraction of sp³-hybridized carbons (Fsp3) is 0.538. The molecular formula is C13H17BrClNO. The van der Waals surface area contributed by atoms with Crippen LogP contribution >= 0.6 is 27.5 Å². The maximum absolute atomic E-state index is 6.08. The molecule has 0 aliphatic carbocycles. The van der Waals surface area contributed by atoms with Crippen LogP contribution < -0.4 is 4.74 Å². The van der Waals surface area contributed by atoms with Crippen molar-refractivity contribution in [2.45, 2.75) is 19.3 Å². The Bertz CT molecular complexity index is 366. The number of hydrogen-bond donors (Lipinski definition) is 0. The third-order valence-electron chi connectivity index (χ3n) is 3.01. The van der Waals surface area contributed by atoms with Crippen LogP contribution in [0.5, 0.6) is 5.75 Å². The van der Waals surface area contributed by atoms with E-state index < -0.39 is 0 Å². The van der Waals surface area contributed by atoms with Crippen molar-refractivity contribution < 1.29 is 4.74 Å². The summed E-state index contributed by atoms with van der Waals surface area (Å²) in [6.45, 7) is 4.11. The predicted octanol–water partition coefficient (Wildman–Crippen LogP) is 3.97. The molecule has 1 aliphatic heterocycles. The Hall–Kier alpha value is -0.250. The van der Waals surface area contributed by atoms with Crippen LogP contribution in [0.25, 0.3) is 0 Å². The second kappa shape index (κ2) is 6.62. The Morgan fingerprint density at radius 1 is 1.24 bits per heavy atom. The fourth-order valence-electron chi connectivity index (χ4n) is 2.06. The molecule has 0 aromatic heterocycles. The third kappa shape index (κ3) is 4.16. The molecular weight excluding hydrogens is 302 g/mol. The molecule has 0 bridgehead atoms. The van der Waals surface area contributed by atoms with Crippen molar-refractivity contribution in [2.75, 3.05) is 26.2 Å². The molecule has 0 atom stereocenters. The van der Waals surface area contributed by atoms with Gasteiger partial charge in [0.1, 0.15) is 12.4 Å². The lowest BCUT2D eigenvalue weighted by Crippen LogP contribution is -2.33. The molecule has 1 aliphatic rings. The molecule has 1 fully saturated rings. The molecule has 1 aromatic carbocycles. The van der Waals surface area contributed by atoms with E-state index in [9.17, 15) is 0 Å². The van der Waals surface area contributed by atoms with Crippen molar-refractivity contribution in [1.82, 2.24) is 4.90 Å². The number of piperidine rings is 1. The zero-order valence-electron chi connectivity index (χ0n) is 9.79. The highest BCUT2D eigenvalue weighted by Gasteiger charge is 2.10. The summed E-state index contributed by atoms with van der Waals surface area (Å²) < 4.78 is 6.68. The number of rotatable bonds is 4. The molecule has 2 nitrogen and oxygen atoms in total. The largest absolute Gasteiger partial charge is 0.491 e. The average molecular weight is 319 g/mol. The highest BCUT2D eigenvalue weighted by atomic mass is 79.9. The highest BCUT2D eigenvalue weighted by molar-refractivity contribution is 9.10. The molecule has 0 amide bonds. The summed E-state index contributed by atoms with van der Waals surface area (Å²) in [7, 11) is 0. The lowest BCUT2D eigenvalue weighted by molar-refractivity contribution is 0.183. The van der Waals surface area contributed by atoms with Gasteiger partial charge in [-0.05, 0) is 44.1 Å². The summed E-state index contributed by atoms with van der Waals surface area (Å²) in [5.74, 6) is 0.770. The normalized spacial score (nSPS) is 17.1. The van der Waals surface area contributed by atoms with Crippen molar-refractivity contribution in [3.8, 4) is 5.75 Å². The molecule has 0 spiro atoms. The summed E-state index contributed by atoms with van der Waals surface area (Å²) in [6.07, 6.45) is 4.01. The van der Waals surface area contributed by atoms with E-state index in [0.29, 0.717) is 11.6 Å². The van der Waals surface area contributed by atoms with Gasteiger partial charge < -0.3 is 4.74 Å². The van der Waals surface area contributed by atoms with Crippen LogP contribution in [-0.4, -0.2) is 31.1 Å². The molecule has 0 radical (unpaired) electrons. The minimum Gasteiger partial charge on any atom is -0.491 e. The van der Waals surface area contributed by atoms with Gasteiger partial charge in [0.2, 0.25) is 0 Å². The Balaban J connectivity index is 1.77. The van der Waals surface area contributed by atoms with E-state index >= 15 is 0 Å². The maximum atomic E-state index is 6.08. The fourth-order valence-corrected chi connectivity index (χ4v) is 2.79. The van der Waals surface area contributed by atoms with Gasteiger partial charge in [0, 0.05) is 11.0 Å². The maximum Gasteiger partial charge on any atom is 0.138 e. The third-order valence-corrected chi connectivity index (χ3v) is 3.80. The first kappa shape index (κ1) is 13.2. The summed E-state index contributed by atoms with van der Waals surface area (Å²) in [5.41, 5.74) is 0. The van der Waals surface area contributed by atoms with Crippen LogP contribution in [0.3, 0.4) is 0 Å². The van der Waals surface area contributed by atoms with Gasteiger partial charge in [-0.1, -0.05) is 34.0 Å². The average Bonchev–Trinajstić information content (AvgIpc) is 2.33. The van der Waals surface area contributed by atoms with Crippen LogP contribution in [0.2, 0.25) is 5.02 Å². The molecule has 1 heterocycles. The SMILES string of the molecule is Clc1cc(Br)ccc1OCCN1CCCCC1. The number of nitrogens with zero attached hydrogens (tertiary/aromatic N) is 1. The Morgan fingerprint density at radius 2 is 2.00 bits per heavy atom. The van der Waals surface area contributed by atoms with E-state index in [4.69, 9.17) is 16.3 Å². The van der Waals surface area contributed by atoms with Crippen molar-refractivity contribution in [3.63, 3.8) is 0 Å². The summed E-state index contributed by atoms with van der Waals surface area (Å²) in [5, 5.41) is 0.665. The molecule has 0 saturated carbocycles. The van der Waals surface area contributed by atoms with E-state index in [1.807, 2.05) is 18.2 Å². The van der Waals surface area contributed by atoms with Crippen LogP contribution in [0.4, 0.5) is 0 Å². The Kier molecular flexibility index (Phi) is 5.14. The lowest BCUT2D eigenvalue weighted by Gasteiger charge is -2.26. The topological polar surface area (TPSA) is 12.5 Å². The monoisotopic (exact) mass is 317 g/mol. The Labute approximate surface area is 116 Å². The molecule has 1 aromatic rings. The van der Waals surface area contributed by atoms with E-state index in [2.05, 4.69) is 20.8 Å². The summed E-state index contributed by atoms with van der Waals surface area (Å²) in [6, 6.07) is 5.71. The second-order valence-corrected chi connectivity index (χ2v) is 5.65. The van der Waals surface area contributed by atoms with Gasteiger partial charge in [0.25, 0.3) is 0 Å². The number of ether oxygens (including phenoxy) is 1. The second-order valence-electron chi connectivity index (χ2n) is 4.33. The first-order valence-electron chi connectivity index (χ1n) is 6.06. The molecule has 0 N–H and O–H groups in total. The van der Waals surface area contributed by atoms with Crippen LogP contribution in [-0.2, 0) is 0 Å². The smallest absolute Gasteiger partial charge is 0.138 e. The predicted molar refractivity (Wildman–Crippen MR) is 74.9 cm³/mol. The molecule has 94 valence electrons. The molecule has 4 heteroatoms. The van der Waals surface area contributed by atoms with Gasteiger partial charge >= 0.3 is 0 Å². The number of benzene rings is 1. The van der Waals surface area contributed by atoms with Crippen molar-refractivity contribution in [3.05, 3.63) is 27.7 Å². The van der Waals surface area contributed by atoms with Crippen molar-refractivity contribution in [1.29, 1.82) is 0 Å². The van der Waals surface area contributed by atoms with Gasteiger partial charge in [-0.15, -0.1) is 0 Å². The van der Waals surface area contributed by atoms with Crippen LogP contribution in [0.15, 0.2) is 22.7 Å². The van der Waals surface area contributed by atoms with E-state index in [0.717, 1.165) is 16.8 Å². The number of hydrogen-bond acceptors (Lipinski definition) is 2. The summed E-state index contributed by atoms with van der Waals surface area (Å²) in [4.78, 5) is 2.45. The Morgan fingerprint density at radius 3 is 2.71 bits per heavy atom. The van der Waals surface area contributed by atoms with E-state index in [1.165, 1.54) is 32.4 Å². The zero-order valence-corrected chi connectivity index (χ0v) is 12.1. The van der Waals surface area contributed by atoms with Gasteiger partial charge in [-0.2, -0.15) is 0 Å². The van der Waals surface area contributed by atoms with E-state index in [1.54, 1.807) is 0 Å². The van der Waals surface area contributed by atoms with Crippen molar-refractivity contribution >= 4 is 27.5 Å². The first-order valence-corrected chi connectivity index (χ1v) is 7.23. The minimum atomic E-state index is 0.665. The van der Waals surface area contributed by atoms with Crippen LogP contribution in [0.1, 0.15) is 19.3 Å². The van der Waals surface area contributed by atoms with Gasteiger partial charge in [-0.3, -0.25) is 4.90 Å². The molecule has 17 heavy (non-hydrogen) atoms. The molecule has 0 unspecified atom stereocenters. The lowest BCUT2D eigenvalue weighted by atomic mass is 10.1. The summed E-state index contributed by atoms with van der Waals surface area (Å²) >= 11 is 9.46. The first-order chi connectivity index (χ1) is 8.25. The van der Waals surface area contributed by atoms with Crippen molar-refractivity contribution in [2.24, 2.45) is 0 Å². The quantitative estimate of drug-likeness (QED) is 0.833. The minimum absolute atomic E-state index is 0.665. The number of halogens is 2. The van der Waals surface area contributed by atoms with Crippen LogP contribution in [0, 0.1) is 0 Å². The molecule has 2 rings (SSSR count).